The van der Waals surface area contributed by atoms with Gasteiger partial charge in [0.05, 0.1) is 19.8 Å². The molecule has 0 atom stereocenters. The quantitative estimate of drug-likeness (QED) is 0.206. The number of ketones is 1. The van der Waals surface area contributed by atoms with Gasteiger partial charge in [0.2, 0.25) is 6.29 Å². The van der Waals surface area contributed by atoms with E-state index in [4.69, 9.17) is 9.47 Å². The SMILES string of the molecule is O=CC(=O)OCCOCCOCC(=O)c1ccccc1. The highest BCUT2D eigenvalue weighted by Gasteiger charge is 2.04. The highest BCUT2D eigenvalue weighted by molar-refractivity contribution is 6.20. The first-order valence-electron chi connectivity index (χ1n) is 6.09. The molecule has 0 radical (unpaired) electrons. The van der Waals surface area contributed by atoms with Crippen LogP contribution in [0.3, 0.4) is 0 Å². The van der Waals surface area contributed by atoms with Crippen molar-refractivity contribution in [2.75, 3.05) is 33.0 Å². The Kier molecular flexibility index (Phi) is 7.86. The summed E-state index contributed by atoms with van der Waals surface area (Å²) in [7, 11) is 0. The lowest BCUT2D eigenvalue weighted by atomic mass is 10.1. The van der Waals surface area contributed by atoms with E-state index in [0.29, 0.717) is 5.56 Å². The van der Waals surface area contributed by atoms with Crippen molar-refractivity contribution in [3.8, 4) is 0 Å². The molecule has 0 aromatic heterocycles. The second-order valence-corrected chi connectivity index (χ2v) is 3.74. The summed E-state index contributed by atoms with van der Waals surface area (Å²) >= 11 is 0. The van der Waals surface area contributed by atoms with Crippen LogP contribution in [0.1, 0.15) is 10.4 Å². The third kappa shape index (κ3) is 6.77. The van der Waals surface area contributed by atoms with Crippen LogP contribution in [0, 0.1) is 0 Å². The number of carbonyl (C=O) groups is 3. The van der Waals surface area contributed by atoms with Crippen LogP contribution in [-0.2, 0) is 23.8 Å². The van der Waals surface area contributed by atoms with Gasteiger partial charge in [0, 0.05) is 5.56 Å². The lowest BCUT2D eigenvalue weighted by molar-refractivity contribution is -0.149. The van der Waals surface area contributed by atoms with Crippen molar-refractivity contribution >= 4 is 18.0 Å². The molecule has 0 aliphatic heterocycles. The maximum atomic E-state index is 11.6. The van der Waals surface area contributed by atoms with Gasteiger partial charge >= 0.3 is 5.97 Å². The Labute approximate surface area is 116 Å². The Morgan fingerprint density at radius 2 is 1.60 bits per heavy atom. The van der Waals surface area contributed by atoms with Crippen LogP contribution in [0.25, 0.3) is 0 Å². The number of aldehydes is 1. The summed E-state index contributed by atoms with van der Waals surface area (Å²) in [5.41, 5.74) is 0.606. The van der Waals surface area contributed by atoms with Crippen molar-refractivity contribution in [2.45, 2.75) is 0 Å². The maximum absolute atomic E-state index is 11.6. The van der Waals surface area contributed by atoms with Gasteiger partial charge in [0.15, 0.2) is 5.78 Å². The van der Waals surface area contributed by atoms with E-state index in [0.717, 1.165) is 0 Å². The monoisotopic (exact) mass is 280 g/mol. The number of Topliss-reactive ketones (excluding diaryl/α,β-unsaturated/α-hetero) is 1. The molecule has 0 amide bonds. The van der Waals surface area contributed by atoms with E-state index >= 15 is 0 Å². The van der Waals surface area contributed by atoms with Crippen LogP contribution >= 0.6 is 0 Å². The molecule has 0 fully saturated rings. The number of rotatable bonds is 10. The minimum atomic E-state index is -0.918. The Bertz CT molecular complexity index is 429. The van der Waals surface area contributed by atoms with Gasteiger partial charge in [-0.1, -0.05) is 30.3 Å². The largest absolute Gasteiger partial charge is 0.458 e. The van der Waals surface area contributed by atoms with Crippen molar-refractivity contribution in [1.82, 2.24) is 0 Å². The van der Waals surface area contributed by atoms with Crippen LogP contribution < -0.4 is 0 Å². The lowest BCUT2D eigenvalue weighted by Gasteiger charge is -2.05. The van der Waals surface area contributed by atoms with Crippen molar-refractivity contribution < 1.29 is 28.6 Å². The molecule has 0 spiro atoms. The van der Waals surface area contributed by atoms with Gasteiger partial charge in [0.1, 0.15) is 13.2 Å². The first-order valence-corrected chi connectivity index (χ1v) is 6.09. The van der Waals surface area contributed by atoms with E-state index in [-0.39, 0.29) is 45.1 Å². The average molecular weight is 280 g/mol. The van der Waals surface area contributed by atoms with Crippen LogP contribution in [0.2, 0.25) is 0 Å². The van der Waals surface area contributed by atoms with Crippen LogP contribution in [0.15, 0.2) is 30.3 Å². The fourth-order valence-electron chi connectivity index (χ4n) is 1.33. The molecule has 0 aliphatic carbocycles. The van der Waals surface area contributed by atoms with Crippen molar-refractivity contribution in [1.29, 1.82) is 0 Å². The van der Waals surface area contributed by atoms with Gasteiger partial charge in [0.25, 0.3) is 0 Å². The van der Waals surface area contributed by atoms with Gasteiger partial charge < -0.3 is 14.2 Å². The third-order valence-corrected chi connectivity index (χ3v) is 2.27. The standard InChI is InChI=1S/C14H16O6/c15-10-14(17)20-9-8-18-6-7-19-11-13(16)12-4-2-1-3-5-12/h1-5,10H,6-9,11H2. The van der Waals surface area contributed by atoms with Gasteiger partial charge in [-0.15, -0.1) is 0 Å². The van der Waals surface area contributed by atoms with E-state index in [9.17, 15) is 14.4 Å². The highest BCUT2D eigenvalue weighted by Crippen LogP contribution is 1.99. The molecule has 1 aromatic rings. The number of ether oxygens (including phenoxy) is 3. The zero-order valence-electron chi connectivity index (χ0n) is 10.9. The van der Waals surface area contributed by atoms with Gasteiger partial charge in [-0.2, -0.15) is 0 Å². The molecule has 0 bridgehead atoms. The van der Waals surface area contributed by atoms with Gasteiger partial charge in [-0.05, 0) is 0 Å². The van der Waals surface area contributed by atoms with E-state index in [2.05, 4.69) is 4.74 Å². The van der Waals surface area contributed by atoms with Gasteiger partial charge in [-0.25, -0.2) is 4.79 Å². The predicted molar refractivity (Wildman–Crippen MR) is 69.4 cm³/mol. The molecule has 6 nitrogen and oxygen atoms in total. The summed E-state index contributed by atoms with van der Waals surface area (Å²) in [6.45, 7) is 0.727. The molecular formula is C14H16O6. The number of carbonyl (C=O) groups excluding carboxylic acids is 3. The molecule has 0 N–H and O–H groups in total. The summed E-state index contributed by atoms with van der Waals surface area (Å²) in [4.78, 5) is 32.0. The first-order chi connectivity index (χ1) is 9.74. The Balaban J connectivity index is 1.98. The zero-order valence-corrected chi connectivity index (χ0v) is 10.9. The highest BCUT2D eigenvalue weighted by atomic mass is 16.6. The average Bonchev–Trinajstić information content (AvgIpc) is 2.50. The van der Waals surface area contributed by atoms with E-state index < -0.39 is 5.97 Å². The first kappa shape index (κ1) is 16.0. The number of benzene rings is 1. The molecule has 0 aliphatic rings. The fourth-order valence-corrected chi connectivity index (χ4v) is 1.33. The summed E-state index contributed by atoms with van der Waals surface area (Å²) in [5, 5.41) is 0. The van der Waals surface area contributed by atoms with E-state index in [1.54, 1.807) is 24.3 Å². The molecule has 0 heterocycles. The molecule has 0 saturated heterocycles. The third-order valence-electron chi connectivity index (χ3n) is 2.27. The maximum Gasteiger partial charge on any atom is 0.371 e. The van der Waals surface area contributed by atoms with Crippen molar-refractivity contribution in [2.24, 2.45) is 0 Å². The molecule has 108 valence electrons. The summed E-state index contributed by atoms with van der Waals surface area (Å²) < 4.78 is 14.7. The minimum absolute atomic E-state index is 0.00645. The van der Waals surface area contributed by atoms with E-state index in [1.165, 1.54) is 0 Å². The number of hydrogen-bond donors (Lipinski definition) is 0. The molecule has 6 heteroatoms. The molecule has 1 rings (SSSR count). The topological polar surface area (TPSA) is 78.9 Å². The summed E-state index contributed by atoms with van der Waals surface area (Å²) in [6, 6.07) is 8.87. The molecular weight excluding hydrogens is 264 g/mol. The molecule has 0 saturated carbocycles. The predicted octanol–water partition coefficient (Wildman–Crippen LogP) is 0.645. The summed E-state index contributed by atoms with van der Waals surface area (Å²) in [6.07, 6.45) is 0.0955. The van der Waals surface area contributed by atoms with Crippen molar-refractivity contribution in [3.05, 3.63) is 35.9 Å². The van der Waals surface area contributed by atoms with E-state index in [1.807, 2.05) is 6.07 Å². The second-order valence-electron chi connectivity index (χ2n) is 3.74. The molecule has 20 heavy (non-hydrogen) atoms. The Hall–Kier alpha value is -2.05. The number of esters is 1. The second kappa shape index (κ2) is 9.82. The van der Waals surface area contributed by atoms with Gasteiger partial charge in [-0.3, -0.25) is 9.59 Å². The fraction of sp³-hybridized carbons (Fsp3) is 0.357. The van der Waals surface area contributed by atoms with Crippen LogP contribution in [0.5, 0.6) is 0 Å². The minimum Gasteiger partial charge on any atom is -0.458 e. The summed E-state index contributed by atoms with van der Waals surface area (Å²) in [5.74, 6) is -1.01. The molecule has 0 unspecified atom stereocenters. The Morgan fingerprint density at radius 1 is 0.950 bits per heavy atom. The normalized spacial score (nSPS) is 10.0. The Morgan fingerprint density at radius 3 is 2.30 bits per heavy atom. The van der Waals surface area contributed by atoms with Crippen LogP contribution in [0.4, 0.5) is 0 Å². The smallest absolute Gasteiger partial charge is 0.371 e. The van der Waals surface area contributed by atoms with Crippen molar-refractivity contribution in [3.63, 3.8) is 0 Å². The van der Waals surface area contributed by atoms with Crippen LogP contribution in [-0.4, -0.2) is 51.1 Å². The molecule has 1 aromatic carbocycles. The lowest BCUT2D eigenvalue weighted by Crippen LogP contribution is -2.15. The zero-order chi connectivity index (χ0) is 14.6. The number of hydrogen-bond acceptors (Lipinski definition) is 6.